The Bertz CT molecular complexity index is 675. The molecule has 0 fully saturated rings. The number of carbonyl (C=O) groups is 1. The molecule has 0 atom stereocenters. The van der Waals surface area contributed by atoms with E-state index in [1.165, 1.54) is 11.0 Å². The van der Waals surface area contributed by atoms with E-state index in [2.05, 4.69) is 9.97 Å². The topological polar surface area (TPSA) is 115 Å². The molecule has 0 aliphatic rings. The molecule has 21 heavy (non-hydrogen) atoms. The number of pyridine rings is 2. The summed E-state index contributed by atoms with van der Waals surface area (Å²) in [4.78, 5) is 31.6. The molecule has 0 saturated carbocycles. The fourth-order valence-electron chi connectivity index (χ4n) is 1.82. The molecule has 8 heteroatoms. The molecule has 0 radical (unpaired) electrons. The Hall–Kier alpha value is -3.03. The maximum Gasteiger partial charge on any atom is 0.300 e. The highest BCUT2D eigenvalue weighted by Crippen LogP contribution is 2.21. The van der Waals surface area contributed by atoms with Gasteiger partial charge in [0.25, 0.3) is 11.6 Å². The summed E-state index contributed by atoms with van der Waals surface area (Å²) < 4.78 is 0. The second kappa shape index (κ2) is 5.95. The molecule has 0 aliphatic carbocycles. The maximum absolute atomic E-state index is 12.3. The van der Waals surface area contributed by atoms with Crippen molar-refractivity contribution in [3.63, 3.8) is 0 Å². The maximum atomic E-state index is 12.3. The average molecular weight is 287 g/mol. The van der Waals surface area contributed by atoms with E-state index in [1.54, 1.807) is 25.5 Å². The van der Waals surface area contributed by atoms with Crippen molar-refractivity contribution in [2.24, 2.45) is 0 Å². The van der Waals surface area contributed by atoms with E-state index in [9.17, 15) is 14.9 Å². The predicted molar refractivity (Wildman–Crippen MR) is 75.3 cm³/mol. The van der Waals surface area contributed by atoms with E-state index in [0.29, 0.717) is 0 Å². The van der Waals surface area contributed by atoms with Crippen molar-refractivity contribution >= 4 is 17.4 Å². The molecule has 2 heterocycles. The molecule has 1 amide bonds. The van der Waals surface area contributed by atoms with Crippen LogP contribution in [0.15, 0.2) is 36.8 Å². The molecule has 0 bridgehead atoms. The Morgan fingerprint density at radius 3 is 2.86 bits per heavy atom. The molecule has 108 valence electrons. The summed E-state index contributed by atoms with van der Waals surface area (Å²) in [7, 11) is 1.55. The Balaban J connectivity index is 2.27. The number of amides is 1. The standard InChI is InChI=1S/C13H13N5O3/c1-17(8-9-3-2-4-15-6-9)13(19)10-5-12(14)16-7-11(10)18(20)21/h2-7H,8H2,1H3,(H2,14,16). The molecule has 0 aromatic carbocycles. The summed E-state index contributed by atoms with van der Waals surface area (Å²) in [6.07, 6.45) is 4.24. The first-order chi connectivity index (χ1) is 9.99. The van der Waals surface area contributed by atoms with Crippen LogP contribution in [0.3, 0.4) is 0 Å². The van der Waals surface area contributed by atoms with Crippen molar-refractivity contribution in [1.29, 1.82) is 0 Å². The molecule has 0 unspecified atom stereocenters. The van der Waals surface area contributed by atoms with Crippen molar-refractivity contribution < 1.29 is 9.72 Å². The van der Waals surface area contributed by atoms with Gasteiger partial charge in [0.05, 0.1) is 4.92 Å². The van der Waals surface area contributed by atoms with Gasteiger partial charge in [0.15, 0.2) is 0 Å². The normalized spacial score (nSPS) is 10.1. The van der Waals surface area contributed by atoms with Crippen molar-refractivity contribution in [3.05, 3.63) is 58.0 Å². The van der Waals surface area contributed by atoms with Gasteiger partial charge in [-0.15, -0.1) is 0 Å². The molecule has 2 rings (SSSR count). The molecule has 2 aromatic rings. The van der Waals surface area contributed by atoms with Crippen LogP contribution in [0.4, 0.5) is 11.5 Å². The third-order valence-electron chi connectivity index (χ3n) is 2.82. The first-order valence-corrected chi connectivity index (χ1v) is 6.03. The second-order valence-electron chi connectivity index (χ2n) is 4.41. The molecule has 0 saturated heterocycles. The van der Waals surface area contributed by atoms with Gasteiger partial charge >= 0.3 is 0 Å². The number of hydrogen-bond donors (Lipinski definition) is 1. The second-order valence-corrected chi connectivity index (χ2v) is 4.41. The SMILES string of the molecule is CN(Cc1cccnc1)C(=O)c1cc(N)ncc1[N+](=O)[O-]. The van der Waals surface area contributed by atoms with Gasteiger partial charge in [-0.05, 0) is 17.7 Å². The van der Waals surface area contributed by atoms with E-state index in [4.69, 9.17) is 5.73 Å². The lowest BCUT2D eigenvalue weighted by molar-refractivity contribution is -0.385. The highest BCUT2D eigenvalue weighted by molar-refractivity contribution is 5.98. The van der Waals surface area contributed by atoms with Gasteiger partial charge in [0, 0.05) is 26.0 Å². The van der Waals surface area contributed by atoms with E-state index in [0.717, 1.165) is 11.8 Å². The summed E-state index contributed by atoms with van der Waals surface area (Å²) in [5.74, 6) is -0.446. The molecular weight excluding hydrogens is 274 g/mol. The van der Waals surface area contributed by atoms with Gasteiger partial charge in [-0.3, -0.25) is 19.9 Å². The van der Waals surface area contributed by atoms with Crippen molar-refractivity contribution in [2.45, 2.75) is 6.54 Å². The number of nitrogens with two attached hydrogens (primary N) is 1. The van der Waals surface area contributed by atoms with Crippen LogP contribution in [0.1, 0.15) is 15.9 Å². The van der Waals surface area contributed by atoms with Crippen molar-refractivity contribution in [1.82, 2.24) is 14.9 Å². The van der Waals surface area contributed by atoms with Crippen LogP contribution in [0.5, 0.6) is 0 Å². The highest BCUT2D eigenvalue weighted by atomic mass is 16.6. The average Bonchev–Trinajstić information content (AvgIpc) is 2.47. The lowest BCUT2D eigenvalue weighted by Crippen LogP contribution is -2.27. The van der Waals surface area contributed by atoms with Crippen molar-refractivity contribution in [2.75, 3.05) is 12.8 Å². The van der Waals surface area contributed by atoms with Crippen LogP contribution >= 0.6 is 0 Å². The first-order valence-electron chi connectivity index (χ1n) is 6.03. The number of aromatic nitrogens is 2. The van der Waals surface area contributed by atoms with Crippen LogP contribution in [-0.4, -0.2) is 32.7 Å². The van der Waals surface area contributed by atoms with Crippen LogP contribution in [0, 0.1) is 10.1 Å². The minimum absolute atomic E-state index is 0.0544. The zero-order valence-corrected chi connectivity index (χ0v) is 11.3. The molecule has 2 N–H and O–H groups in total. The summed E-state index contributed by atoms with van der Waals surface area (Å²) in [5, 5.41) is 11.0. The summed E-state index contributed by atoms with van der Waals surface area (Å²) in [5.41, 5.74) is 5.87. The molecule has 0 aliphatic heterocycles. The number of anilines is 1. The van der Waals surface area contributed by atoms with Crippen LogP contribution in [-0.2, 0) is 6.54 Å². The van der Waals surface area contributed by atoms with Gasteiger partial charge in [0.2, 0.25) is 0 Å². The molecular formula is C13H13N5O3. The van der Waals surface area contributed by atoms with Gasteiger partial charge in [0.1, 0.15) is 17.6 Å². The third-order valence-corrected chi connectivity index (χ3v) is 2.82. The van der Waals surface area contributed by atoms with Crippen molar-refractivity contribution in [3.8, 4) is 0 Å². The summed E-state index contributed by atoms with van der Waals surface area (Å²) >= 11 is 0. The monoisotopic (exact) mass is 287 g/mol. The number of nitrogens with zero attached hydrogens (tertiary/aromatic N) is 4. The van der Waals surface area contributed by atoms with Gasteiger partial charge in [-0.2, -0.15) is 0 Å². The van der Waals surface area contributed by atoms with E-state index in [1.807, 2.05) is 6.07 Å². The third kappa shape index (κ3) is 3.30. The Kier molecular flexibility index (Phi) is 4.07. The zero-order valence-electron chi connectivity index (χ0n) is 11.3. The fourth-order valence-corrected chi connectivity index (χ4v) is 1.82. The zero-order chi connectivity index (χ0) is 15.4. The van der Waals surface area contributed by atoms with Gasteiger partial charge in [-0.25, -0.2) is 4.98 Å². The highest BCUT2D eigenvalue weighted by Gasteiger charge is 2.24. The van der Waals surface area contributed by atoms with Gasteiger partial charge < -0.3 is 10.6 Å². The van der Waals surface area contributed by atoms with E-state index in [-0.39, 0.29) is 23.6 Å². The number of carbonyl (C=O) groups excluding carboxylic acids is 1. The molecule has 0 spiro atoms. The Morgan fingerprint density at radius 2 is 2.24 bits per heavy atom. The smallest absolute Gasteiger partial charge is 0.300 e. The van der Waals surface area contributed by atoms with E-state index >= 15 is 0 Å². The summed E-state index contributed by atoms with van der Waals surface area (Å²) in [6, 6.07) is 4.77. The minimum Gasteiger partial charge on any atom is -0.384 e. The van der Waals surface area contributed by atoms with Crippen LogP contribution in [0.2, 0.25) is 0 Å². The Labute approximate surface area is 120 Å². The quantitative estimate of drug-likeness (QED) is 0.668. The van der Waals surface area contributed by atoms with Gasteiger partial charge in [-0.1, -0.05) is 6.07 Å². The fraction of sp³-hybridized carbons (Fsp3) is 0.154. The number of nitrogen functional groups attached to an aromatic ring is 1. The predicted octanol–water partition coefficient (Wildman–Crippen LogP) is 1.24. The lowest BCUT2D eigenvalue weighted by Gasteiger charge is -2.17. The number of nitro groups is 1. The Morgan fingerprint density at radius 1 is 1.48 bits per heavy atom. The number of hydrogen-bond acceptors (Lipinski definition) is 6. The first kappa shape index (κ1) is 14.4. The van der Waals surface area contributed by atoms with Crippen LogP contribution < -0.4 is 5.73 Å². The summed E-state index contributed by atoms with van der Waals surface area (Å²) in [6.45, 7) is 0.284. The molecule has 8 nitrogen and oxygen atoms in total. The largest absolute Gasteiger partial charge is 0.384 e. The van der Waals surface area contributed by atoms with Crippen LogP contribution in [0.25, 0.3) is 0 Å². The lowest BCUT2D eigenvalue weighted by atomic mass is 10.2. The number of rotatable bonds is 4. The molecule has 2 aromatic heterocycles. The van der Waals surface area contributed by atoms with E-state index < -0.39 is 10.8 Å². The minimum atomic E-state index is -0.655.